The van der Waals surface area contributed by atoms with Crippen LogP contribution in [0.4, 0.5) is 4.39 Å². The van der Waals surface area contributed by atoms with Crippen molar-refractivity contribution in [2.24, 2.45) is 4.40 Å². The van der Waals surface area contributed by atoms with Crippen molar-refractivity contribution in [1.82, 2.24) is 29.3 Å². The predicted octanol–water partition coefficient (Wildman–Crippen LogP) is 2.93. The van der Waals surface area contributed by atoms with Gasteiger partial charge in [0.1, 0.15) is 17.8 Å². The van der Waals surface area contributed by atoms with Gasteiger partial charge in [-0.25, -0.2) is 4.39 Å². The van der Waals surface area contributed by atoms with E-state index in [1.165, 1.54) is 43.2 Å². The zero-order valence-electron chi connectivity index (χ0n) is 19.1. The summed E-state index contributed by atoms with van der Waals surface area (Å²) in [6.45, 7) is 3.50. The fourth-order valence-electron chi connectivity index (χ4n) is 4.79. The van der Waals surface area contributed by atoms with E-state index in [1.54, 1.807) is 12.1 Å². The first-order valence-electron chi connectivity index (χ1n) is 11.9. The van der Waals surface area contributed by atoms with Crippen LogP contribution in [0.1, 0.15) is 50.8 Å². The van der Waals surface area contributed by atoms with Crippen molar-refractivity contribution in [3.05, 3.63) is 35.9 Å². The molecule has 2 fully saturated rings. The Morgan fingerprint density at radius 2 is 1.74 bits per heavy atom. The van der Waals surface area contributed by atoms with E-state index < -0.39 is 16.4 Å². The lowest BCUT2D eigenvalue weighted by Gasteiger charge is -2.35. The molecule has 34 heavy (non-hydrogen) atoms. The molecular formula is C22H30FN7O2S2. The highest BCUT2D eigenvalue weighted by molar-refractivity contribution is 7.99. The summed E-state index contributed by atoms with van der Waals surface area (Å²) < 4.78 is 47.0. The zero-order valence-corrected chi connectivity index (χ0v) is 20.7. The van der Waals surface area contributed by atoms with Crippen LogP contribution >= 0.6 is 11.8 Å². The Hall–Kier alpha value is -2.02. The highest BCUT2D eigenvalue weighted by atomic mass is 32.2. The molecular weight excluding hydrogens is 477 g/mol. The number of rotatable bonds is 6. The standard InChI is InChI=1S/C22H30FN7O2S2/c23-17-8-10-18(11-9-17)30-20(15-28-12-4-2-5-13-28)24-25-22(30)33-16-21-27-34(31,32)26-19-7-3-1-6-14-29(19)21/h8-11,21,27H,1-7,12-16H2/t21-/m1/s1. The quantitative estimate of drug-likeness (QED) is 0.601. The lowest BCUT2D eigenvalue weighted by molar-refractivity contribution is 0.214. The third-order valence-electron chi connectivity index (χ3n) is 6.49. The minimum absolute atomic E-state index is 0.298. The van der Waals surface area contributed by atoms with Crippen LogP contribution in [0.2, 0.25) is 0 Å². The van der Waals surface area contributed by atoms with E-state index in [1.807, 2.05) is 4.57 Å². The molecule has 0 aliphatic carbocycles. The van der Waals surface area contributed by atoms with Crippen molar-refractivity contribution in [3.63, 3.8) is 0 Å². The second kappa shape index (κ2) is 10.3. The summed E-state index contributed by atoms with van der Waals surface area (Å²) in [6.07, 6.45) is 6.90. The summed E-state index contributed by atoms with van der Waals surface area (Å²) in [5.74, 6) is 1.61. The summed E-state index contributed by atoms with van der Waals surface area (Å²) in [6, 6.07) is 6.32. The van der Waals surface area contributed by atoms with Gasteiger partial charge in [-0.05, 0) is 63.0 Å². The molecule has 1 atom stereocenters. The lowest BCUT2D eigenvalue weighted by atomic mass is 10.1. The van der Waals surface area contributed by atoms with Crippen LogP contribution in [-0.4, -0.2) is 70.4 Å². The molecule has 1 aromatic heterocycles. The van der Waals surface area contributed by atoms with E-state index in [0.29, 0.717) is 29.7 Å². The first kappa shape index (κ1) is 23.7. The van der Waals surface area contributed by atoms with Crippen molar-refractivity contribution in [3.8, 4) is 5.69 Å². The second-order valence-corrected chi connectivity index (χ2v) is 11.3. The van der Waals surface area contributed by atoms with Gasteiger partial charge in [-0.3, -0.25) is 9.47 Å². The largest absolute Gasteiger partial charge is 0.342 e. The minimum atomic E-state index is -3.71. The van der Waals surface area contributed by atoms with Gasteiger partial charge >= 0.3 is 10.2 Å². The zero-order chi connectivity index (χ0) is 23.5. The third kappa shape index (κ3) is 5.45. The van der Waals surface area contributed by atoms with E-state index in [2.05, 4.69) is 29.1 Å². The van der Waals surface area contributed by atoms with Crippen molar-refractivity contribution in [1.29, 1.82) is 0 Å². The number of nitrogens with one attached hydrogen (secondary N) is 1. The predicted molar refractivity (Wildman–Crippen MR) is 130 cm³/mol. The summed E-state index contributed by atoms with van der Waals surface area (Å²) in [5.41, 5.74) is 0.794. The average Bonchev–Trinajstić information content (AvgIpc) is 3.06. The summed E-state index contributed by atoms with van der Waals surface area (Å²) in [5, 5.41) is 9.60. The van der Waals surface area contributed by atoms with Crippen LogP contribution in [0.5, 0.6) is 0 Å². The highest BCUT2D eigenvalue weighted by Crippen LogP contribution is 2.27. The molecule has 2 aromatic rings. The van der Waals surface area contributed by atoms with Crippen molar-refractivity contribution in [2.45, 2.75) is 62.8 Å². The molecule has 0 amide bonds. The van der Waals surface area contributed by atoms with Crippen molar-refractivity contribution >= 4 is 27.8 Å². The second-order valence-electron chi connectivity index (χ2n) is 8.98. The van der Waals surface area contributed by atoms with Crippen LogP contribution in [0.25, 0.3) is 5.69 Å². The van der Waals surface area contributed by atoms with Crippen LogP contribution in [0, 0.1) is 5.82 Å². The summed E-state index contributed by atoms with van der Waals surface area (Å²) >= 11 is 1.45. The molecule has 3 aliphatic heterocycles. The highest BCUT2D eigenvalue weighted by Gasteiger charge is 2.33. The maximum Gasteiger partial charge on any atom is 0.323 e. The van der Waals surface area contributed by atoms with E-state index in [9.17, 15) is 12.8 Å². The van der Waals surface area contributed by atoms with Gasteiger partial charge in [0.2, 0.25) is 0 Å². The number of benzene rings is 1. The first-order chi connectivity index (χ1) is 16.5. The molecule has 9 nitrogen and oxygen atoms in total. The van der Waals surface area contributed by atoms with Gasteiger partial charge in [-0.2, -0.15) is 13.1 Å². The lowest BCUT2D eigenvalue weighted by Crippen LogP contribution is -2.55. The molecule has 184 valence electrons. The van der Waals surface area contributed by atoms with Gasteiger partial charge < -0.3 is 4.90 Å². The monoisotopic (exact) mass is 507 g/mol. The molecule has 0 spiro atoms. The number of aromatic nitrogens is 3. The van der Waals surface area contributed by atoms with Crippen LogP contribution < -0.4 is 4.72 Å². The van der Waals surface area contributed by atoms with E-state index in [4.69, 9.17) is 0 Å². The summed E-state index contributed by atoms with van der Waals surface area (Å²) in [4.78, 5) is 4.45. The Labute approximate surface area is 204 Å². The first-order valence-corrected chi connectivity index (χ1v) is 14.3. The van der Waals surface area contributed by atoms with Crippen molar-refractivity contribution in [2.75, 3.05) is 25.4 Å². The number of piperidine rings is 1. The molecule has 12 heteroatoms. The van der Waals surface area contributed by atoms with Crippen LogP contribution in [-0.2, 0) is 16.8 Å². The molecule has 2 saturated heterocycles. The van der Waals surface area contributed by atoms with Gasteiger partial charge in [-0.1, -0.05) is 24.6 Å². The van der Waals surface area contributed by atoms with E-state index in [-0.39, 0.29) is 5.82 Å². The van der Waals surface area contributed by atoms with Crippen LogP contribution in [0.3, 0.4) is 0 Å². The Morgan fingerprint density at radius 3 is 2.53 bits per heavy atom. The number of hydrogen-bond acceptors (Lipinski definition) is 7. The Kier molecular flexibility index (Phi) is 7.19. The molecule has 5 rings (SSSR count). The van der Waals surface area contributed by atoms with Gasteiger partial charge in [-0.15, -0.1) is 14.6 Å². The molecule has 1 aromatic carbocycles. The number of likely N-dealkylation sites (tertiary alicyclic amines) is 1. The molecule has 1 N–H and O–H groups in total. The topological polar surface area (TPSA) is 95.7 Å². The van der Waals surface area contributed by atoms with Crippen LogP contribution in [0.15, 0.2) is 33.8 Å². The van der Waals surface area contributed by atoms with Gasteiger partial charge in [0.15, 0.2) is 11.0 Å². The fraction of sp³-hybridized carbons (Fsp3) is 0.591. The maximum atomic E-state index is 13.6. The molecule has 0 unspecified atom stereocenters. The third-order valence-corrected chi connectivity index (χ3v) is 8.51. The maximum absolute atomic E-state index is 13.6. The van der Waals surface area contributed by atoms with Gasteiger partial charge in [0.05, 0.1) is 6.54 Å². The summed E-state index contributed by atoms with van der Waals surface area (Å²) in [7, 11) is -3.71. The number of thioether (sulfide) groups is 1. The average molecular weight is 508 g/mol. The van der Waals surface area contributed by atoms with Gasteiger partial charge in [0.25, 0.3) is 0 Å². The van der Waals surface area contributed by atoms with Gasteiger partial charge in [0, 0.05) is 24.4 Å². The smallest absolute Gasteiger partial charge is 0.323 e. The minimum Gasteiger partial charge on any atom is -0.342 e. The fourth-order valence-corrected chi connectivity index (χ4v) is 6.98. The molecule has 4 heterocycles. The molecule has 3 aliphatic rings. The molecule has 0 bridgehead atoms. The number of halogens is 1. The number of amidine groups is 1. The number of fused-ring (bicyclic) bond motifs is 1. The molecule has 0 radical (unpaired) electrons. The Bertz CT molecular complexity index is 1130. The number of hydrogen-bond donors (Lipinski definition) is 1. The SMILES string of the molecule is O=S1(=O)N=C2CCCCCN2[C@H](CSc2nnc(CN3CCCCC3)n2-c2ccc(F)cc2)N1. The number of nitrogens with zero attached hydrogens (tertiary/aromatic N) is 6. The Morgan fingerprint density at radius 1 is 1.00 bits per heavy atom. The normalized spacial score (nSPS) is 23.3. The Balaban J connectivity index is 1.39. The molecule has 0 saturated carbocycles. The van der Waals surface area contributed by atoms with E-state index in [0.717, 1.165) is 50.4 Å². The van der Waals surface area contributed by atoms with E-state index >= 15 is 0 Å². The van der Waals surface area contributed by atoms with Crippen molar-refractivity contribution < 1.29 is 12.8 Å².